The van der Waals surface area contributed by atoms with Gasteiger partial charge in [-0.2, -0.15) is 0 Å². The maximum atomic E-state index is 12.8. The third-order valence-corrected chi connectivity index (χ3v) is 6.17. The van der Waals surface area contributed by atoms with Gasteiger partial charge in [0.2, 0.25) is 0 Å². The zero-order valence-corrected chi connectivity index (χ0v) is 16.4. The topological polar surface area (TPSA) is 62.0 Å². The van der Waals surface area contributed by atoms with Crippen molar-refractivity contribution in [3.05, 3.63) is 81.2 Å². The summed E-state index contributed by atoms with van der Waals surface area (Å²) < 4.78 is 0. The molecule has 1 heterocycles. The molecule has 2 aromatic carbocycles. The van der Waals surface area contributed by atoms with Gasteiger partial charge in [0.25, 0.3) is 11.5 Å². The third-order valence-electron chi connectivity index (χ3n) is 5.84. The third kappa shape index (κ3) is 3.57. The number of carbonyl (C=O) groups excluding carboxylic acids is 1. The van der Waals surface area contributed by atoms with Crippen LogP contribution >= 0.6 is 11.6 Å². The molecule has 1 aliphatic rings. The maximum absolute atomic E-state index is 12.8. The highest BCUT2D eigenvalue weighted by molar-refractivity contribution is 6.31. The van der Waals surface area contributed by atoms with Gasteiger partial charge < -0.3 is 10.3 Å². The molecule has 5 heteroatoms. The Morgan fingerprint density at radius 2 is 1.75 bits per heavy atom. The molecule has 28 heavy (non-hydrogen) atoms. The molecule has 1 saturated carbocycles. The van der Waals surface area contributed by atoms with Crippen molar-refractivity contribution < 1.29 is 4.79 Å². The van der Waals surface area contributed by atoms with E-state index >= 15 is 0 Å². The van der Waals surface area contributed by atoms with Gasteiger partial charge in [-0.1, -0.05) is 67.3 Å². The number of rotatable bonds is 4. The quantitative estimate of drug-likeness (QED) is 0.666. The molecule has 2 N–H and O–H groups in total. The first-order chi connectivity index (χ1) is 13.6. The number of hydrogen-bond acceptors (Lipinski definition) is 2. The molecule has 0 radical (unpaired) electrons. The van der Waals surface area contributed by atoms with Crippen molar-refractivity contribution in [2.24, 2.45) is 0 Å². The Bertz CT molecular complexity index is 1070. The molecule has 0 aliphatic heterocycles. The zero-order chi connectivity index (χ0) is 19.6. The Morgan fingerprint density at radius 1 is 1.04 bits per heavy atom. The summed E-state index contributed by atoms with van der Waals surface area (Å²) in [7, 11) is 0. The average molecular weight is 395 g/mol. The van der Waals surface area contributed by atoms with Crippen molar-refractivity contribution in [1.82, 2.24) is 10.3 Å². The number of amides is 1. The van der Waals surface area contributed by atoms with Gasteiger partial charge in [0.05, 0.1) is 0 Å². The van der Waals surface area contributed by atoms with Gasteiger partial charge in [-0.3, -0.25) is 9.59 Å². The largest absolute Gasteiger partial charge is 0.350 e. The fourth-order valence-electron chi connectivity index (χ4n) is 4.34. The van der Waals surface area contributed by atoms with Crippen LogP contribution in [0, 0.1) is 0 Å². The Hall–Kier alpha value is -2.59. The van der Waals surface area contributed by atoms with Gasteiger partial charge in [-0.15, -0.1) is 0 Å². The standard InChI is InChI=1S/C23H23ClN2O2/c24-19-11-5-4-10-18(19)23(12-6-1-7-13-23)15-25-22(28)20-14-16-8-2-3-9-17(16)21(27)26-20/h2-5,8-11,14H,1,6-7,12-13,15H2,(H,25,28)(H,26,27). The molecular weight excluding hydrogens is 372 g/mol. The van der Waals surface area contributed by atoms with Gasteiger partial charge in [-0.05, 0) is 42.0 Å². The lowest BCUT2D eigenvalue weighted by Crippen LogP contribution is -2.42. The van der Waals surface area contributed by atoms with E-state index < -0.39 is 0 Å². The summed E-state index contributed by atoms with van der Waals surface area (Å²) >= 11 is 6.51. The Labute approximate surface area is 168 Å². The van der Waals surface area contributed by atoms with Crippen LogP contribution in [0.25, 0.3) is 10.8 Å². The number of aromatic amines is 1. The fraction of sp³-hybridized carbons (Fsp3) is 0.304. The van der Waals surface area contributed by atoms with Crippen LogP contribution in [0.3, 0.4) is 0 Å². The first-order valence-corrected chi connectivity index (χ1v) is 10.1. The number of fused-ring (bicyclic) bond motifs is 1. The highest BCUT2D eigenvalue weighted by Gasteiger charge is 2.35. The molecule has 0 spiro atoms. The van der Waals surface area contributed by atoms with Crippen molar-refractivity contribution >= 4 is 28.3 Å². The molecule has 3 aromatic rings. The molecule has 0 bridgehead atoms. The highest BCUT2D eigenvalue weighted by atomic mass is 35.5. The van der Waals surface area contributed by atoms with E-state index in [4.69, 9.17) is 11.6 Å². The van der Waals surface area contributed by atoms with E-state index in [0.717, 1.165) is 41.7 Å². The molecule has 1 amide bonds. The SMILES string of the molecule is O=C(NCC1(c2ccccc2Cl)CCCCC1)c1cc2ccccc2c(=O)[nH]1. The predicted octanol–water partition coefficient (Wildman–Crippen LogP) is 4.81. The van der Waals surface area contributed by atoms with E-state index in [9.17, 15) is 9.59 Å². The molecule has 0 atom stereocenters. The molecule has 1 aromatic heterocycles. The average Bonchev–Trinajstić information content (AvgIpc) is 2.73. The number of halogens is 1. The summed E-state index contributed by atoms with van der Waals surface area (Å²) in [5.74, 6) is -0.264. The second-order valence-corrected chi connectivity index (χ2v) is 8.01. The highest BCUT2D eigenvalue weighted by Crippen LogP contribution is 2.41. The first kappa shape index (κ1) is 18.8. The van der Waals surface area contributed by atoms with Crippen LogP contribution in [0.15, 0.2) is 59.4 Å². The molecular formula is C23H23ClN2O2. The number of benzene rings is 2. The molecule has 1 fully saturated rings. The molecule has 0 unspecified atom stereocenters. The van der Waals surface area contributed by atoms with Crippen LogP contribution in [-0.2, 0) is 5.41 Å². The Kier molecular flexibility index (Phi) is 5.23. The number of aromatic nitrogens is 1. The van der Waals surface area contributed by atoms with Gasteiger partial charge >= 0.3 is 0 Å². The molecule has 0 saturated heterocycles. The van der Waals surface area contributed by atoms with Crippen molar-refractivity contribution in [2.75, 3.05) is 6.54 Å². The summed E-state index contributed by atoms with van der Waals surface area (Å²) in [6.07, 6.45) is 5.43. The second-order valence-electron chi connectivity index (χ2n) is 7.60. The lowest BCUT2D eigenvalue weighted by Gasteiger charge is -2.38. The monoisotopic (exact) mass is 394 g/mol. The van der Waals surface area contributed by atoms with Gasteiger partial charge in [0, 0.05) is 22.4 Å². The van der Waals surface area contributed by atoms with E-state index in [1.54, 1.807) is 12.1 Å². The number of H-pyrrole nitrogens is 1. The van der Waals surface area contributed by atoms with Crippen molar-refractivity contribution in [3.63, 3.8) is 0 Å². The zero-order valence-electron chi connectivity index (χ0n) is 15.6. The summed E-state index contributed by atoms with van der Waals surface area (Å²) in [6.45, 7) is 0.504. The maximum Gasteiger partial charge on any atom is 0.267 e. The number of hydrogen-bond donors (Lipinski definition) is 2. The minimum absolute atomic E-state index is 0.163. The lowest BCUT2D eigenvalue weighted by molar-refractivity contribution is 0.0931. The Morgan fingerprint density at radius 3 is 2.54 bits per heavy atom. The van der Waals surface area contributed by atoms with E-state index in [1.165, 1.54) is 6.42 Å². The summed E-state index contributed by atoms with van der Waals surface area (Å²) in [4.78, 5) is 27.8. The van der Waals surface area contributed by atoms with E-state index in [1.807, 2.05) is 36.4 Å². The van der Waals surface area contributed by atoms with Gasteiger partial charge in [0.1, 0.15) is 5.69 Å². The van der Waals surface area contributed by atoms with Crippen LogP contribution in [0.5, 0.6) is 0 Å². The van der Waals surface area contributed by atoms with Crippen molar-refractivity contribution in [1.29, 1.82) is 0 Å². The minimum atomic E-state index is -0.264. The van der Waals surface area contributed by atoms with Crippen molar-refractivity contribution in [2.45, 2.75) is 37.5 Å². The van der Waals surface area contributed by atoms with Gasteiger partial charge in [-0.25, -0.2) is 0 Å². The fourth-order valence-corrected chi connectivity index (χ4v) is 4.68. The summed E-state index contributed by atoms with van der Waals surface area (Å²) in [5.41, 5.74) is 0.975. The number of pyridine rings is 1. The van der Waals surface area contributed by atoms with Gasteiger partial charge in [0.15, 0.2) is 0 Å². The normalized spacial score (nSPS) is 16.0. The molecule has 4 rings (SSSR count). The molecule has 144 valence electrons. The predicted molar refractivity (Wildman–Crippen MR) is 113 cm³/mol. The van der Waals surface area contributed by atoms with Crippen LogP contribution in [0.1, 0.15) is 48.2 Å². The summed E-state index contributed by atoms with van der Waals surface area (Å²) in [5, 5.41) is 5.15. The van der Waals surface area contributed by atoms with E-state index in [-0.39, 0.29) is 22.6 Å². The van der Waals surface area contributed by atoms with E-state index in [2.05, 4.69) is 16.4 Å². The minimum Gasteiger partial charge on any atom is -0.350 e. The van der Waals surface area contributed by atoms with Crippen LogP contribution in [0.4, 0.5) is 0 Å². The van der Waals surface area contributed by atoms with Crippen LogP contribution in [-0.4, -0.2) is 17.4 Å². The molecule has 4 nitrogen and oxygen atoms in total. The van der Waals surface area contributed by atoms with Crippen LogP contribution < -0.4 is 10.9 Å². The lowest BCUT2D eigenvalue weighted by atomic mass is 9.69. The Balaban J connectivity index is 1.60. The summed E-state index contributed by atoms with van der Waals surface area (Å²) in [6, 6.07) is 16.9. The van der Waals surface area contributed by atoms with Crippen molar-refractivity contribution in [3.8, 4) is 0 Å². The smallest absolute Gasteiger partial charge is 0.267 e. The molecule has 1 aliphatic carbocycles. The van der Waals surface area contributed by atoms with Crippen LogP contribution in [0.2, 0.25) is 5.02 Å². The second kappa shape index (κ2) is 7.80. The number of carbonyl (C=O) groups is 1. The first-order valence-electron chi connectivity index (χ1n) is 9.74. The van der Waals surface area contributed by atoms with E-state index in [0.29, 0.717) is 11.9 Å². The number of nitrogens with one attached hydrogen (secondary N) is 2.